The summed E-state index contributed by atoms with van der Waals surface area (Å²) in [5.41, 5.74) is 10.8. The third-order valence-electron chi connectivity index (χ3n) is 9.35. The van der Waals surface area contributed by atoms with Crippen LogP contribution in [-0.2, 0) is 0 Å². The fourth-order valence-corrected chi connectivity index (χ4v) is 7.14. The van der Waals surface area contributed by atoms with Gasteiger partial charge in [0.1, 0.15) is 28.7 Å². The molecule has 2 aliphatic rings. The summed E-state index contributed by atoms with van der Waals surface area (Å²) in [6, 6.07) is 33.1. The van der Waals surface area contributed by atoms with Crippen LogP contribution in [0.5, 0.6) is 28.7 Å². The molecule has 0 saturated heterocycles. The van der Waals surface area contributed by atoms with E-state index in [2.05, 4.69) is 9.97 Å². The molecule has 0 fully saturated rings. The number of hydrogen-bond donors (Lipinski definition) is 7. The summed E-state index contributed by atoms with van der Waals surface area (Å²) in [4.78, 5) is 17.5. The molecule has 9 nitrogen and oxygen atoms in total. The van der Waals surface area contributed by atoms with Gasteiger partial charge in [0.2, 0.25) is 0 Å². The first-order chi connectivity index (χ1) is 25.8. The van der Waals surface area contributed by atoms with Crippen LogP contribution in [0.25, 0.3) is 90.9 Å². The van der Waals surface area contributed by atoms with Crippen molar-refractivity contribution in [2.24, 2.45) is 0 Å². The lowest BCUT2D eigenvalue weighted by molar-refractivity contribution is 0.451. The van der Waals surface area contributed by atoms with E-state index >= 15 is 0 Å². The van der Waals surface area contributed by atoms with E-state index in [1.807, 2.05) is 66.8 Å². The van der Waals surface area contributed by atoms with Gasteiger partial charge in [0, 0.05) is 50.4 Å². The van der Waals surface area contributed by atoms with Crippen LogP contribution in [-0.4, -0.2) is 45.5 Å². The predicted octanol–water partition coefficient (Wildman–Crippen LogP) is 9.85. The summed E-state index contributed by atoms with van der Waals surface area (Å²) in [5, 5.41) is 52.9. The van der Waals surface area contributed by atoms with Crippen LogP contribution in [0.2, 0.25) is 0 Å². The number of H-pyrrole nitrogens is 2. The smallest absolute Gasteiger partial charge is 0.119 e. The number of aromatic amines is 2. The first-order valence-electron chi connectivity index (χ1n) is 16.9. The van der Waals surface area contributed by atoms with E-state index in [0.717, 1.165) is 44.4 Å². The number of hydrogen-bond acceptors (Lipinski definition) is 7. The van der Waals surface area contributed by atoms with Gasteiger partial charge in [-0.3, -0.25) is 0 Å². The Kier molecular flexibility index (Phi) is 7.34. The van der Waals surface area contributed by atoms with Gasteiger partial charge in [-0.1, -0.05) is 36.4 Å². The Labute approximate surface area is 302 Å². The first-order valence-corrected chi connectivity index (χ1v) is 16.9. The van der Waals surface area contributed by atoms with Crippen LogP contribution >= 0.6 is 0 Å². The molecule has 0 radical (unpaired) electrons. The van der Waals surface area contributed by atoms with Crippen LogP contribution < -0.4 is 0 Å². The highest BCUT2D eigenvalue weighted by atomic mass is 16.3. The van der Waals surface area contributed by atoms with Gasteiger partial charge in [0.25, 0.3) is 0 Å². The Balaban J connectivity index is 1.49. The number of benzene rings is 4. The maximum absolute atomic E-state index is 10.6. The number of phenolic OH excluding ortho intramolecular Hbond substituents is 5. The molecule has 53 heavy (non-hydrogen) atoms. The molecule has 5 heterocycles. The molecule has 0 unspecified atom stereocenters. The Bertz CT molecular complexity index is 2800. The van der Waals surface area contributed by atoms with E-state index in [9.17, 15) is 25.5 Å². The van der Waals surface area contributed by atoms with Gasteiger partial charge in [0.15, 0.2) is 0 Å². The zero-order chi connectivity index (χ0) is 36.2. The monoisotopic (exact) mass is 694 g/mol. The topological polar surface area (TPSA) is 159 Å². The molecule has 9 heteroatoms. The average Bonchev–Trinajstić information content (AvgIpc) is 3.96. The van der Waals surface area contributed by atoms with Crippen molar-refractivity contribution in [3.63, 3.8) is 0 Å². The zero-order valence-corrected chi connectivity index (χ0v) is 27.9. The maximum Gasteiger partial charge on any atom is 0.119 e. The third kappa shape index (κ3) is 5.72. The summed E-state index contributed by atoms with van der Waals surface area (Å²) < 4.78 is 0. The van der Waals surface area contributed by atoms with E-state index in [1.54, 1.807) is 66.7 Å². The number of aromatic hydroxyl groups is 5. The summed E-state index contributed by atoms with van der Waals surface area (Å²) in [5.74, 6) is 0.0917. The van der Waals surface area contributed by atoms with E-state index in [-0.39, 0.29) is 28.7 Å². The standard InChI is InChI=1S/C44H30N4O5/c49-28-7-1-4-24(18-28)41-33-10-12-35(45-33)42(25-5-2-8-29(50)19-25)37-14-16-39(47-37)44(27-21-31(52)23-32(53)22-27)40-17-15-38(48-40)43(36-13-11-34(41)46-36)26-6-3-9-30(51)20-26/h1-23,45,48-53H. The summed E-state index contributed by atoms with van der Waals surface area (Å²) in [7, 11) is 0. The van der Waals surface area contributed by atoms with E-state index in [4.69, 9.17) is 9.97 Å². The fraction of sp³-hybridized carbons (Fsp3) is 0. The third-order valence-corrected chi connectivity index (χ3v) is 9.35. The Hall–Kier alpha value is -7.52. The fourth-order valence-electron chi connectivity index (χ4n) is 7.14. The molecule has 4 aromatic carbocycles. The van der Waals surface area contributed by atoms with Crippen LogP contribution in [0.3, 0.4) is 0 Å². The van der Waals surface area contributed by atoms with Crippen molar-refractivity contribution in [3.8, 4) is 73.3 Å². The number of aromatic nitrogens is 4. The summed E-state index contributed by atoms with van der Waals surface area (Å²) in [6.07, 6.45) is 7.63. The second-order valence-electron chi connectivity index (χ2n) is 12.9. The number of fused-ring (bicyclic) bond motifs is 8. The molecule has 7 N–H and O–H groups in total. The molecule has 2 aliphatic heterocycles. The maximum atomic E-state index is 10.6. The highest BCUT2D eigenvalue weighted by molar-refractivity contribution is 6.00. The van der Waals surface area contributed by atoms with Gasteiger partial charge in [-0.15, -0.1) is 0 Å². The van der Waals surface area contributed by atoms with Gasteiger partial charge < -0.3 is 35.5 Å². The van der Waals surface area contributed by atoms with Crippen LogP contribution in [0, 0.1) is 0 Å². The first kappa shape index (κ1) is 31.5. The minimum absolute atomic E-state index is 0.0985. The normalized spacial score (nSPS) is 12.0. The summed E-state index contributed by atoms with van der Waals surface area (Å²) in [6.45, 7) is 0. The Morgan fingerprint density at radius 1 is 0.321 bits per heavy atom. The summed E-state index contributed by atoms with van der Waals surface area (Å²) >= 11 is 0. The van der Waals surface area contributed by atoms with Gasteiger partial charge in [0.05, 0.1) is 22.8 Å². The largest absolute Gasteiger partial charge is 0.508 e. The van der Waals surface area contributed by atoms with Crippen molar-refractivity contribution >= 4 is 46.4 Å². The molecule has 9 rings (SSSR count). The molecule has 256 valence electrons. The molecule has 0 atom stereocenters. The number of phenols is 5. The van der Waals surface area contributed by atoms with Gasteiger partial charge >= 0.3 is 0 Å². The Morgan fingerprint density at radius 2 is 0.623 bits per heavy atom. The minimum atomic E-state index is -0.108. The van der Waals surface area contributed by atoms with Crippen LogP contribution in [0.15, 0.2) is 115 Å². The molecular formula is C44H30N4O5. The molecule has 0 amide bonds. The molecule has 0 saturated carbocycles. The van der Waals surface area contributed by atoms with E-state index in [1.165, 1.54) is 6.07 Å². The predicted molar refractivity (Wildman–Crippen MR) is 209 cm³/mol. The van der Waals surface area contributed by atoms with Crippen molar-refractivity contribution in [3.05, 3.63) is 138 Å². The second kappa shape index (κ2) is 12.4. The van der Waals surface area contributed by atoms with Crippen molar-refractivity contribution < 1.29 is 25.5 Å². The second-order valence-corrected chi connectivity index (χ2v) is 12.9. The highest BCUT2D eigenvalue weighted by Crippen LogP contribution is 2.40. The van der Waals surface area contributed by atoms with Gasteiger partial charge in [-0.2, -0.15) is 0 Å². The lowest BCUT2D eigenvalue weighted by Gasteiger charge is -2.08. The number of nitrogens with one attached hydrogen (secondary N) is 2. The molecule has 3 aromatic heterocycles. The molecule has 0 aliphatic carbocycles. The van der Waals surface area contributed by atoms with E-state index < -0.39 is 0 Å². The van der Waals surface area contributed by atoms with Crippen molar-refractivity contribution in [1.82, 2.24) is 19.9 Å². The number of nitrogens with zero attached hydrogens (tertiary/aromatic N) is 2. The average molecular weight is 695 g/mol. The lowest BCUT2D eigenvalue weighted by Crippen LogP contribution is -1.90. The SMILES string of the molecule is Oc1cccc(-c2c3nc(c(-c4cccc(O)c4)c4ccc([nH]4)c(-c4cc(O)cc(O)c4)c4nc(c(-c5cccc(O)c5)c5ccc2[nH]5)C=C4)C=C3)c1. The zero-order valence-electron chi connectivity index (χ0n) is 27.9. The van der Waals surface area contributed by atoms with Gasteiger partial charge in [-0.05, 0) is 119 Å². The highest BCUT2D eigenvalue weighted by Gasteiger charge is 2.20. The van der Waals surface area contributed by atoms with Crippen molar-refractivity contribution in [2.45, 2.75) is 0 Å². The van der Waals surface area contributed by atoms with Crippen molar-refractivity contribution in [1.29, 1.82) is 0 Å². The number of rotatable bonds is 4. The molecule has 0 spiro atoms. The minimum Gasteiger partial charge on any atom is -0.508 e. The van der Waals surface area contributed by atoms with Crippen LogP contribution in [0.1, 0.15) is 22.8 Å². The molecular weight excluding hydrogens is 665 g/mol. The molecule has 8 bridgehead atoms. The van der Waals surface area contributed by atoms with Crippen molar-refractivity contribution in [2.75, 3.05) is 0 Å². The lowest BCUT2D eigenvalue weighted by atomic mass is 10.0. The van der Waals surface area contributed by atoms with Gasteiger partial charge in [-0.25, -0.2) is 9.97 Å². The quantitative estimate of drug-likeness (QED) is 0.0966. The van der Waals surface area contributed by atoms with E-state index in [0.29, 0.717) is 44.9 Å². The molecule has 7 aromatic rings. The van der Waals surface area contributed by atoms with Crippen LogP contribution in [0.4, 0.5) is 0 Å². The Morgan fingerprint density at radius 3 is 0.943 bits per heavy atom.